The van der Waals surface area contributed by atoms with Crippen molar-refractivity contribution in [3.05, 3.63) is 54.2 Å². The first-order valence-electron chi connectivity index (χ1n) is 13.2. The van der Waals surface area contributed by atoms with Crippen LogP contribution >= 0.6 is 12.6 Å². The summed E-state index contributed by atoms with van der Waals surface area (Å²) in [5, 5.41) is 18.2. The third-order valence-electron chi connectivity index (χ3n) is 6.44. The quantitative estimate of drug-likeness (QED) is 0.0397. The first-order chi connectivity index (χ1) is 20.1. The van der Waals surface area contributed by atoms with Gasteiger partial charge in [-0.25, -0.2) is 9.78 Å². The summed E-state index contributed by atoms with van der Waals surface area (Å²) in [5.74, 6) is -3.49. The first-order valence-corrected chi connectivity index (χ1v) is 13.8. The SMILES string of the molecule is NC(N)=NCCCC(NC(=O)C(Cc1cnc[nH]1)NC(=O)C(CS)NC(=O)C(N)Cc1c[nH]c2ccccc12)C(=O)O. The fourth-order valence-corrected chi connectivity index (χ4v) is 4.49. The summed E-state index contributed by atoms with van der Waals surface area (Å²) in [4.78, 5) is 64.7. The van der Waals surface area contributed by atoms with Gasteiger partial charge in [-0.3, -0.25) is 19.4 Å². The molecule has 3 aromatic rings. The van der Waals surface area contributed by atoms with E-state index in [4.69, 9.17) is 17.2 Å². The molecule has 0 aliphatic carbocycles. The van der Waals surface area contributed by atoms with E-state index in [9.17, 15) is 24.3 Å². The van der Waals surface area contributed by atoms with Crippen LogP contribution in [0.5, 0.6) is 0 Å². The molecule has 0 bridgehead atoms. The highest BCUT2D eigenvalue weighted by molar-refractivity contribution is 7.80. The van der Waals surface area contributed by atoms with Crippen molar-refractivity contribution in [2.24, 2.45) is 22.2 Å². The van der Waals surface area contributed by atoms with Gasteiger partial charge in [0.05, 0.1) is 12.4 Å². The molecule has 0 aliphatic heterocycles. The van der Waals surface area contributed by atoms with Gasteiger partial charge in [-0.15, -0.1) is 0 Å². The van der Waals surface area contributed by atoms with Crippen molar-refractivity contribution in [1.29, 1.82) is 0 Å². The number of carbonyl (C=O) groups excluding carboxylic acids is 3. The van der Waals surface area contributed by atoms with Crippen LogP contribution in [0.25, 0.3) is 10.9 Å². The van der Waals surface area contributed by atoms with Crippen molar-refractivity contribution in [2.75, 3.05) is 12.3 Å². The topological polar surface area (TPSA) is 259 Å². The number of benzene rings is 1. The van der Waals surface area contributed by atoms with Crippen molar-refractivity contribution < 1.29 is 24.3 Å². The smallest absolute Gasteiger partial charge is 0.326 e. The highest BCUT2D eigenvalue weighted by Crippen LogP contribution is 2.18. The number of guanidine groups is 1. The van der Waals surface area contributed by atoms with Gasteiger partial charge in [0, 0.05) is 47.7 Å². The van der Waals surface area contributed by atoms with Gasteiger partial charge in [-0.2, -0.15) is 12.6 Å². The lowest BCUT2D eigenvalue weighted by atomic mass is 10.0. The fourth-order valence-electron chi connectivity index (χ4n) is 4.23. The van der Waals surface area contributed by atoms with Crippen LogP contribution in [0.2, 0.25) is 0 Å². The predicted octanol–water partition coefficient (Wildman–Crippen LogP) is -1.47. The van der Waals surface area contributed by atoms with E-state index < -0.39 is 47.9 Å². The fraction of sp³-hybridized carbons (Fsp3) is 0.385. The number of fused-ring (bicyclic) bond motifs is 1. The van der Waals surface area contributed by atoms with Gasteiger partial charge in [0.25, 0.3) is 0 Å². The third kappa shape index (κ3) is 9.24. The van der Waals surface area contributed by atoms with Gasteiger partial charge in [0.2, 0.25) is 17.7 Å². The molecule has 3 amide bonds. The molecule has 0 saturated heterocycles. The number of amides is 3. The summed E-state index contributed by atoms with van der Waals surface area (Å²) in [6.45, 7) is 0.183. The maximum Gasteiger partial charge on any atom is 0.326 e. The molecule has 0 aliphatic rings. The Balaban J connectivity index is 1.65. The van der Waals surface area contributed by atoms with Gasteiger partial charge in [0.1, 0.15) is 18.1 Å². The molecule has 16 heteroatoms. The van der Waals surface area contributed by atoms with Crippen molar-refractivity contribution in [3.8, 4) is 0 Å². The molecule has 1 aromatic carbocycles. The Kier molecular flexibility index (Phi) is 11.7. The normalized spacial score (nSPS) is 13.9. The molecule has 0 spiro atoms. The number of carboxylic acids is 1. The number of H-pyrrole nitrogens is 2. The van der Waals surface area contributed by atoms with E-state index in [-0.39, 0.29) is 37.5 Å². The Labute approximate surface area is 246 Å². The van der Waals surface area contributed by atoms with Crippen molar-refractivity contribution >= 4 is 53.2 Å². The number of hydrogen-bond donors (Lipinski definition) is 10. The zero-order valence-corrected chi connectivity index (χ0v) is 23.6. The maximum atomic E-state index is 13.2. The summed E-state index contributed by atoms with van der Waals surface area (Å²) in [5.41, 5.74) is 19.0. The number of imidazole rings is 1. The van der Waals surface area contributed by atoms with Gasteiger partial charge >= 0.3 is 5.97 Å². The summed E-state index contributed by atoms with van der Waals surface area (Å²) in [6, 6.07) is 3.07. The molecule has 0 saturated carbocycles. The molecule has 2 aromatic heterocycles. The lowest BCUT2D eigenvalue weighted by Gasteiger charge is -2.24. The number of hydrogen-bond acceptors (Lipinski definition) is 8. The van der Waals surface area contributed by atoms with Crippen LogP contribution in [0.15, 0.2) is 48.0 Å². The van der Waals surface area contributed by atoms with E-state index >= 15 is 0 Å². The van der Waals surface area contributed by atoms with Crippen molar-refractivity contribution in [3.63, 3.8) is 0 Å². The predicted molar refractivity (Wildman–Crippen MR) is 159 cm³/mol. The Morgan fingerprint density at radius 2 is 1.67 bits per heavy atom. The molecule has 2 heterocycles. The van der Waals surface area contributed by atoms with E-state index in [0.29, 0.717) is 12.1 Å². The summed E-state index contributed by atoms with van der Waals surface area (Å²) >= 11 is 4.20. The Morgan fingerprint density at radius 3 is 2.33 bits per heavy atom. The molecule has 226 valence electrons. The lowest BCUT2D eigenvalue weighted by Crippen LogP contribution is -2.58. The van der Waals surface area contributed by atoms with Crippen molar-refractivity contribution in [1.82, 2.24) is 30.9 Å². The van der Waals surface area contributed by atoms with Gasteiger partial charge in [-0.05, 0) is 30.9 Å². The van der Waals surface area contributed by atoms with Crippen LogP contribution in [0.3, 0.4) is 0 Å². The Bertz CT molecular complexity index is 1390. The first kappa shape index (κ1) is 32.0. The van der Waals surface area contributed by atoms with Crippen LogP contribution < -0.4 is 33.2 Å². The summed E-state index contributed by atoms with van der Waals surface area (Å²) in [6.07, 6.45) is 5.20. The summed E-state index contributed by atoms with van der Waals surface area (Å²) < 4.78 is 0. The molecule has 0 radical (unpaired) electrons. The lowest BCUT2D eigenvalue weighted by molar-refractivity contribution is -0.142. The number of aliphatic imine (C=N–C) groups is 1. The number of aliphatic carboxylic acids is 1. The van der Waals surface area contributed by atoms with E-state index in [1.54, 1.807) is 6.20 Å². The molecule has 12 N–H and O–H groups in total. The van der Waals surface area contributed by atoms with Crippen LogP contribution in [-0.4, -0.2) is 86.2 Å². The standard InChI is InChI=1S/C26H36N10O5S/c27-17(8-14-10-32-18-5-2-1-4-16(14)18)22(37)36-21(12-42)24(39)35-20(9-15-11-30-13-33-15)23(38)34-19(25(40)41)6-3-7-31-26(28)29/h1-2,4-5,10-11,13,17,19-21,32,42H,3,6-9,12,27H2,(H,30,33)(H,34,38)(H,35,39)(H,36,37)(H,40,41)(H4,28,29,31). The number of carbonyl (C=O) groups is 4. The van der Waals surface area contributed by atoms with Crippen LogP contribution in [-0.2, 0) is 32.0 Å². The minimum atomic E-state index is -1.26. The van der Waals surface area contributed by atoms with Crippen LogP contribution in [0, 0.1) is 0 Å². The highest BCUT2D eigenvalue weighted by Gasteiger charge is 2.30. The molecule has 4 atom stereocenters. The minimum absolute atomic E-state index is 0.0226. The zero-order valence-electron chi connectivity index (χ0n) is 22.7. The van der Waals surface area contributed by atoms with Gasteiger partial charge in [0.15, 0.2) is 5.96 Å². The number of aromatic amines is 2. The average Bonchev–Trinajstić information content (AvgIpc) is 3.62. The molecule has 0 fully saturated rings. The molecule has 3 rings (SSSR count). The minimum Gasteiger partial charge on any atom is -0.480 e. The molecular weight excluding hydrogens is 564 g/mol. The van der Waals surface area contributed by atoms with Crippen LogP contribution in [0.4, 0.5) is 0 Å². The molecule has 4 unspecified atom stereocenters. The van der Waals surface area contributed by atoms with Crippen molar-refractivity contribution in [2.45, 2.75) is 49.9 Å². The number of carboxylic acid groups (broad SMARTS) is 1. The zero-order chi connectivity index (χ0) is 30.6. The number of rotatable bonds is 16. The Hall–Kier alpha value is -4.57. The second kappa shape index (κ2) is 15.4. The highest BCUT2D eigenvalue weighted by atomic mass is 32.1. The molecule has 42 heavy (non-hydrogen) atoms. The second-order valence-corrected chi connectivity index (χ2v) is 9.97. The van der Waals surface area contributed by atoms with Crippen LogP contribution in [0.1, 0.15) is 24.1 Å². The monoisotopic (exact) mass is 600 g/mol. The Morgan fingerprint density at radius 1 is 0.976 bits per heavy atom. The average molecular weight is 601 g/mol. The summed E-state index contributed by atoms with van der Waals surface area (Å²) in [7, 11) is 0. The van der Waals surface area contributed by atoms with Gasteiger partial charge in [-0.1, -0.05) is 18.2 Å². The number of nitrogens with two attached hydrogens (primary N) is 3. The largest absolute Gasteiger partial charge is 0.480 e. The number of nitrogens with zero attached hydrogens (tertiary/aromatic N) is 2. The van der Waals surface area contributed by atoms with E-state index in [2.05, 4.69) is 48.5 Å². The number of para-hydroxylation sites is 1. The third-order valence-corrected chi connectivity index (χ3v) is 6.80. The number of thiol groups is 1. The second-order valence-electron chi connectivity index (χ2n) is 9.60. The van der Waals surface area contributed by atoms with E-state index in [1.807, 2.05) is 24.3 Å². The van der Waals surface area contributed by atoms with Gasteiger partial charge < -0.3 is 48.2 Å². The molecular formula is C26H36N10O5S. The van der Waals surface area contributed by atoms with E-state index in [1.165, 1.54) is 12.5 Å². The number of nitrogens with one attached hydrogen (secondary N) is 5. The molecule has 15 nitrogen and oxygen atoms in total. The maximum absolute atomic E-state index is 13.2. The van der Waals surface area contributed by atoms with E-state index in [0.717, 1.165) is 16.5 Å². The number of aromatic nitrogens is 3.